The van der Waals surface area contributed by atoms with Gasteiger partial charge < -0.3 is 14.5 Å². The fourth-order valence-electron chi connectivity index (χ4n) is 2.65. The van der Waals surface area contributed by atoms with Gasteiger partial charge in [-0.05, 0) is 47.6 Å². The molecule has 0 atom stereocenters. The zero-order valence-electron chi connectivity index (χ0n) is 12.9. The van der Waals surface area contributed by atoms with Crippen molar-refractivity contribution in [3.63, 3.8) is 0 Å². The number of hydrogen-bond donors (Lipinski definition) is 1. The quantitative estimate of drug-likeness (QED) is 0.734. The van der Waals surface area contributed by atoms with Crippen LogP contribution in [-0.2, 0) is 4.79 Å². The van der Waals surface area contributed by atoms with Crippen LogP contribution >= 0.6 is 0 Å². The van der Waals surface area contributed by atoms with E-state index in [0.717, 1.165) is 27.8 Å². The van der Waals surface area contributed by atoms with Crippen LogP contribution in [0.15, 0.2) is 60.8 Å². The van der Waals surface area contributed by atoms with Crippen molar-refractivity contribution in [3.05, 3.63) is 71.9 Å². The van der Waals surface area contributed by atoms with Crippen LogP contribution in [0.2, 0.25) is 0 Å². The summed E-state index contributed by atoms with van der Waals surface area (Å²) in [6, 6.07) is 13.6. The number of benzene rings is 2. The molecule has 0 radical (unpaired) electrons. The van der Waals surface area contributed by atoms with Crippen LogP contribution in [0.4, 0.5) is 0 Å². The van der Waals surface area contributed by atoms with E-state index >= 15 is 0 Å². The van der Waals surface area contributed by atoms with Gasteiger partial charge in [-0.2, -0.15) is 0 Å². The number of ether oxygens (including phenoxy) is 2. The Morgan fingerprint density at radius 1 is 1.00 bits per heavy atom. The van der Waals surface area contributed by atoms with E-state index < -0.39 is 0 Å². The summed E-state index contributed by atoms with van der Waals surface area (Å²) >= 11 is 0. The zero-order chi connectivity index (χ0) is 16.4. The third kappa shape index (κ3) is 2.82. The first-order chi connectivity index (χ1) is 11.8. The number of aromatic nitrogens is 1. The van der Waals surface area contributed by atoms with Gasteiger partial charge in [0.25, 0.3) is 0 Å². The molecule has 4 nitrogen and oxygen atoms in total. The van der Waals surface area contributed by atoms with E-state index in [-0.39, 0.29) is 12.6 Å². The van der Waals surface area contributed by atoms with Gasteiger partial charge in [-0.1, -0.05) is 30.3 Å². The van der Waals surface area contributed by atoms with E-state index in [4.69, 9.17) is 9.47 Å². The summed E-state index contributed by atoms with van der Waals surface area (Å²) in [4.78, 5) is 15.2. The number of fused-ring (bicyclic) bond motifs is 2. The lowest BCUT2D eigenvalue weighted by atomic mass is 10.1. The number of aromatic amines is 1. The SMILES string of the molecule is O=C(C=Cc1ccc2c(c1)OCO2)C=Cc1c[nH]c2ccccc12. The molecule has 0 fully saturated rings. The molecule has 1 N–H and O–H groups in total. The summed E-state index contributed by atoms with van der Waals surface area (Å²) in [5.74, 6) is 1.37. The van der Waals surface area contributed by atoms with E-state index in [0.29, 0.717) is 5.75 Å². The van der Waals surface area contributed by atoms with E-state index in [2.05, 4.69) is 4.98 Å². The highest BCUT2D eigenvalue weighted by molar-refractivity contribution is 6.05. The lowest BCUT2D eigenvalue weighted by molar-refractivity contribution is -0.110. The van der Waals surface area contributed by atoms with Crippen LogP contribution in [-0.4, -0.2) is 17.6 Å². The van der Waals surface area contributed by atoms with Crippen molar-refractivity contribution in [2.45, 2.75) is 0 Å². The van der Waals surface area contributed by atoms with Gasteiger partial charge >= 0.3 is 0 Å². The predicted octanol–water partition coefficient (Wildman–Crippen LogP) is 4.19. The van der Waals surface area contributed by atoms with Crippen molar-refractivity contribution in [2.75, 3.05) is 6.79 Å². The fourth-order valence-corrected chi connectivity index (χ4v) is 2.65. The fraction of sp³-hybridized carbons (Fsp3) is 0.0500. The van der Waals surface area contributed by atoms with Gasteiger partial charge in [0.15, 0.2) is 17.3 Å². The van der Waals surface area contributed by atoms with Crippen LogP contribution in [0, 0.1) is 0 Å². The maximum Gasteiger partial charge on any atom is 0.231 e. The number of rotatable bonds is 4. The number of ketones is 1. The summed E-state index contributed by atoms with van der Waals surface area (Å²) in [6.45, 7) is 0.245. The van der Waals surface area contributed by atoms with Crippen molar-refractivity contribution < 1.29 is 14.3 Å². The molecule has 0 unspecified atom stereocenters. The standard InChI is InChI=1S/C20H15NO3/c22-16(8-5-14-6-10-19-20(11-14)24-13-23-19)9-7-15-12-21-18-4-2-1-3-17(15)18/h1-12,21H,13H2. The van der Waals surface area contributed by atoms with Crippen molar-refractivity contribution in [1.29, 1.82) is 0 Å². The minimum atomic E-state index is -0.0713. The lowest BCUT2D eigenvalue weighted by Crippen LogP contribution is -1.92. The molecule has 0 aliphatic carbocycles. The molecule has 24 heavy (non-hydrogen) atoms. The third-order valence-electron chi connectivity index (χ3n) is 3.89. The van der Waals surface area contributed by atoms with Crippen LogP contribution in [0.25, 0.3) is 23.1 Å². The first-order valence-electron chi connectivity index (χ1n) is 7.65. The number of H-pyrrole nitrogens is 1. The average Bonchev–Trinajstić information content (AvgIpc) is 3.24. The van der Waals surface area contributed by atoms with Crippen LogP contribution in [0.3, 0.4) is 0 Å². The molecule has 1 aromatic heterocycles. The molecule has 4 rings (SSSR count). The van der Waals surface area contributed by atoms with Gasteiger partial charge in [-0.25, -0.2) is 0 Å². The van der Waals surface area contributed by atoms with Gasteiger partial charge in [0.2, 0.25) is 6.79 Å². The summed E-state index contributed by atoms with van der Waals surface area (Å²) < 4.78 is 10.6. The Labute approximate surface area is 139 Å². The van der Waals surface area contributed by atoms with Crippen molar-refractivity contribution in [3.8, 4) is 11.5 Å². The third-order valence-corrected chi connectivity index (χ3v) is 3.89. The first-order valence-corrected chi connectivity index (χ1v) is 7.65. The first kappa shape index (κ1) is 14.3. The molecule has 0 saturated heterocycles. The molecule has 1 aliphatic heterocycles. The highest BCUT2D eigenvalue weighted by atomic mass is 16.7. The number of allylic oxidation sites excluding steroid dienone is 2. The highest BCUT2D eigenvalue weighted by Crippen LogP contribution is 2.32. The number of nitrogens with one attached hydrogen (secondary N) is 1. The Kier molecular flexibility index (Phi) is 3.63. The van der Waals surface area contributed by atoms with Crippen LogP contribution in [0.1, 0.15) is 11.1 Å². The molecule has 0 amide bonds. The summed E-state index contributed by atoms with van der Waals surface area (Å²) in [5.41, 5.74) is 2.95. The second-order valence-corrected chi connectivity index (χ2v) is 5.47. The number of carbonyl (C=O) groups is 1. The highest BCUT2D eigenvalue weighted by Gasteiger charge is 2.12. The molecular formula is C20H15NO3. The van der Waals surface area contributed by atoms with E-state index in [9.17, 15) is 4.79 Å². The molecule has 1 aliphatic rings. The average molecular weight is 317 g/mol. The molecule has 3 aromatic rings. The maximum absolute atomic E-state index is 12.0. The minimum Gasteiger partial charge on any atom is -0.454 e. The summed E-state index contributed by atoms with van der Waals surface area (Å²) in [6.07, 6.45) is 8.60. The van der Waals surface area contributed by atoms with E-state index in [1.165, 1.54) is 0 Å². The Balaban J connectivity index is 1.48. The Morgan fingerprint density at radius 3 is 2.79 bits per heavy atom. The van der Waals surface area contributed by atoms with Gasteiger partial charge in [-0.15, -0.1) is 0 Å². The lowest BCUT2D eigenvalue weighted by Gasteiger charge is -1.97. The number of hydrogen-bond acceptors (Lipinski definition) is 3. The predicted molar refractivity (Wildman–Crippen MR) is 93.9 cm³/mol. The van der Waals surface area contributed by atoms with Gasteiger partial charge in [0, 0.05) is 17.1 Å². The number of para-hydroxylation sites is 1. The largest absolute Gasteiger partial charge is 0.454 e. The molecule has 0 bridgehead atoms. The smallest absolute Gasteiger partial charge is 0.231 e. The molecule has 0 spiro atoms. The Hall–Kier alpha value is -3.27. The van der Waals surface area contributed by atoms with Crippen molar-refractivity contribution >= 4 is 28.8 Å². The molecule has 2 aromatic carbocycles. The van der Waals surface area contributed by atoms with E-state index in [1.807, 2.05) is 54.7 Å². The molecule has 118 valence electrons. The monoisotopic (exact) mass is 317 g/mol. The topological polar surface area (TPSA) is 51.3 Å². The summed E-state index contributed by atoms with van der Waals surface area (Å²) in [5, 5.41) is 1.10. The van der Waals surface area contributed by atoms with Crippen molar-refractivity contribution in [1.82, 2.24) is 4.98 Å². The normalized spacial score (nSPS) is 13.3. The summed E-state index contributed by atoms with van der Waals surface area (Å²) in [7, 11) is 0. The second kappa shape index (κ2) is 6.08. The molecule has 2 heterocycles. The molecule has 0 saturated carbocycles. The van der Waals surface area contributed by atoms with Gasteiger partial charge in [0.1, 0.15) is 0 Å². The maximum atomic E-state index is 12.0. The minimum absolute atomic E-state index is 0.0713. The van der Waals surface area contributed by atoms with Gasteiger partial charge in [-0.3, -0.25) is 4.79 Å². The zero-order valence-corrected chi connectivity index (χ0v) is 12.9. The Bertz CT molecular complexity index is 966. The van der Waals surface area contributed by atoms with Crippen LogP contribution in [0.5, 0.6) is 11.5 Å². The Morgan fingerprint density at radius 2 is 1.83 bits per heavy atom. The van der Waals surface area contributed by atoms with E-state index in [1.54, 1.807) is 18.2 Å². The van der Waals surface area contributed by atoms with Crippen molar-refractivity contribution in [2.24, 2.45) is 0 Å². The van der Waals surface area contributed by atoms with Gasteiger partial charge in [0.05, 0.1) is 0 Å². The van der Waals surface area contributed by atoms with Crippen LogP contribution < -0.4 is 9.47 Å². The molecular weight excluding hydrogens is 302 g/mol. The molecule has 4 heteroatoms. The second-order valence-electron chi connectivity index (χ2n) is 5.47. The number of carbonyl (C=O) groups excluding carboxylic acids is 1.